The number of ether oxygens (including phenoxy) is 4. The van der Waals surface area contributed by atoms with Crippen molar-refractivity contribution in [3.8, 4) is 0 Å². The number of aliphatic hydroxyl groups is 1. The molecule has 0 saturated carbocycles. The minimum atomic E-state index is -4.95. The number of aliphatic hydroxyl groups excluding tert-OH is 1. The molecule has 0 aromatic carbocycles. The molecule has 0 aliphatic heterocycles. The third-order valence-electron chi connectivity index (χ3n) is 17.1. The van der Waals surface area contributed by atoms with Gasteiger partial charge < -0.3 is 33.8 Å². The molecule has 0 saturated heterocycles. The predicted octanol–water partition coefficient (Wildman–Crippen LogP) is 20.8. The van der Waals surface area contributed by atoms with Crippen molar-refractivity contribution in [2.75, 3.05) is 39.6 Å². The minimum absolute atomic E-state index is 0.105. The molecule has 0 radical (unpaired) electrons. The monoisotopic (exact) mass is 1340 g/mol. The summed E-state index contributed by atoms with van der Waals surface area (Å²) in [6.45, 7) is 9.56. The molecule has 91 heavy (non-hydrogen) atoms. The van der Waals surface area contributed by atoms with E-state index in [9.17, 15) is 43.2 Å². The van der Waals surface area contributed by atoms with Crippen LogP contribution in [0.3, 0.4) is 0 Å². The molecule has 19 heteroatoms. The Labute approximate surface area is 556 Å². The van der Waals surface area contributed by atoms with Gasteiger partial charge in [-0.3, -0.25) is 37.3 Å². The topological polar surface area (TPSA) is 237 Å². The third-order valence-corrected chi connectivity index (χ3v) is 19.0. The van der Waals surface area contributed by atoms with Gasteiger partial charge in [-0.25, -0.2) is 9.13 Å². The highest BCUT2D eigenvalue weighted by Gasteiger charge is 2.30. The van der Waals surface area contributed by atoms with Crippen LogP contribution in [0.1, 0.15) is 369 Å². The largest absolute Gasteiger partial charge is 0.472 e. The summed E-state index contributed by atoms with van der Waals surface area (Å²) in [7, 11) is -9.90. The van der Waals surface area contributed by atoms with Gasteiger partial charge in [0.05, 0.1) is 26.4 Å². The highest BCUT2D eigenvalue weighted by Crippen LogP contribution is 2.45. The molecule has 3 unspecified atom stereocenters. The smallest absolute Gasteiger partial charge is 0.462 e. The summed E-state index contributed by atoms with van der Waals surface area (Å²) < 4.78 is 68.3. The van der Waals surface area contributed by atoms with Crippen molar-refractivity contribution in [3.05, 3.63) is 0 Å². The lowest BCUT2D eigenvalue weighted by Gasteiger charge is -2.21. The zero-order chi connectivity index (χ0) is 67.2. The first-order valence-electron chi connectivity index (χ1n) is 37.5. The van der Waals surface area contributed by atoms with Crippen LogP contribution in [0.5, 0.6) is 0 Å². The Hall–Kier alpha value is -1.94. The lowest BCUT2D eigenvalue weighted by atomic mass is 9.99. The molecule has 0 rings (SSSR count). The molecule has 0 aliphatic carbocycles. The number of rotatable bonds is 71. The third kappa shape index (κ3) is 65.1. The number of phosphoric ester groups is 2. The molecule has 0 aliphatic rings. The van der Waals surface area contributed by atoms with Gasteiger partial charge in [0.2, 0.25) is 0 Å². The lowest BCUT2D eigenvalue weighted by Crippen LogP contribution is -2.30. The number of esters is 4. The first kappa shape index (κ1) is 89.1. The van der Waals surface area contributed by atoms with Crippen LogP contribution in [0.4, 0.5) is 0 Å². The van der Waals surface area contributed by atoms with E-state index in [-0.39, 0.29) is 25.7 Å². The zero-order valence-electron chi connectivity index (χ0n) is 59.1. The van der Waals surface area contributed by atoms with E-state index in [2.05, 4.69) is 41.5 Å². The Bertz CT molecular complexity index is 1770. The van der Waals surface area contributed by atoms with E-state index >= 15 is 0 Å². The molecule has 0 bridgehead atoms. The number of phosphoric acid groups is 2. The van der Waals surface area contributed by atoms with Crippen LogP contribution in [0.2, 0.25) is 0 Å². The molecule has 0 amide bonds. The summed E-state index contributed by atoms with van der Waals surface area (Å²) in [5, 5.41) is 10.6. The first-order chi connectivity index (χ1) is 43.9. The quantitative estimate of drug-likeness (QED) is 0.0222. The summed E-state index contributed by atoms with van der Waals surface area (Å²) in [4.78, 5) is 72.6. The van der Waals surface area contributed by atoms with Gasteiger partial charge in [0.15, 0.2) is 12.2 Å². The van der Waals surface area contributed by atoms with Gasteiger partial charge in [-0.2, -0.15) is 0 Å². The highest BCUT2D eigenvalue weighted by atomic mass is 31.2. The summed E-state index contributed by atoms with van der Waals surface area (Å²) in [5.41, 5.74) is 0. The van der Waals surface area contributed by atoms with Crippen LogP contribution in [-0.2, 0) is 65.4 Å². The van der Waals surface area contributed by atoms with Gasteiger partial charge in [0.25, 0.3) is 0 Å². The molecular formula is C72H140O17P2. The minimum Gasteiger partial charge on any atom is -0.462 e. The molecule has 0 spiro atoms. The molecule has 3 N–H and O–H groups in total. The maximum atomic E-state index is 13.0. The van der Waals surface area contributed by atoms with Crippen LogP contribution < -0.4 is 0 Å². The average Bonchev–Trinajstić information content (AvgIpc) is 3.54. The fraction of sp³-hybridized carbons (Fsp3) is 0.944. The molecule has 0 fully saturated rings. The number of carbonyl (C=O) groups is 4. The van der Waals surface area contributed by atoms with E-state index in [1.165, 1.54) is 186 Å². The second-order valence-corrected chi connectivity index (χ2v) is 29.6. The lowest BCUT2D eigenvalue weighted by molar-refractivity contribution is -0.161. The van der Waals surface area contributed by atoms with Crippen molar-refractivity contribution >= 4 is 39.5 Å². The van der Waals surface area contributed by atoms with Crippen molar-refractivity contribution in [1.82, 2.24) is 0 Å². The van der Waals surface area contributed by atoms with Crippen LogP contribution >= 0.6 is 15.6 Å². The summed E-state index contributed by atoms with van der Waals surface area (Å²) in [6.07, 6.45) is 49.9. The molecule has 6 atom stereocenters. The SMILES string of the molecule is CCCCCCCCCCCCCCCC(=O)OC[C@H](COP(=O)(O)OC[C@@H](O)COP(=O)(O)OC[C@@H](COC(=O)CCCCCCCCCCC)OC(=O)CCCCCCCCCCC(C)C)OC(=O)CCCCCCCCCCCCCCCCC(C)CC. The Morgan fingerprint density at radius 1 is 0.319 bits per heavy atom. The van der Waals surface area contributed by atoms with Gasteiger partial charge in [0, 0.05) is 25.7 Å². The maximum Gasteiger partial charge on any atom is 0.472 e. The number of carbonyl (C=O) groups excluding carboxylic acids is 4. The second kappa shape index (κ2) is 64.1. The van der Waals surface area contributed by atoms with Crippen LogP contribution in [-0.4, -0.2) is 96.7 Å². The van der Waals surface area contributed by atoms with Gasteiger partial charge in [-0.05, 0) is 37.5 Å². The molecule has 17 nitrogen and oxygen atoms in total. The van der Waals surface area contributed by atoms with Gasteiger partial charge in [0.1, 0.15) is 19.3 Å². The van der Waals surface area contributed by atoms with Crippen LogP contribution in [0.15, 0.2) is 0 Å². The fourth-order valence-corrected chi connectivity index (χ4v) is 12.5. The maximum absolute atomic E-state index is 13.0. The van der Waals surface area contributed by atoms with Gasteiger partial charge in [-0.15, -0.1) is 0 Å². The van der Waals surface area contributed by atoms with Gasteiger partial charge in [-0.1, -0.05) is 318 Å². The summed E-state index contributed by atoms with van der Waals surface area (Å²) in [6, 6.07) is 0. The number of unbranched alkanes of at least 4 members (excludes halogenated alkanes) is 40. The Kier molecular flexibility index (Phi) is 62.7. The van der Waals surface area contributed by atoms with Crippen molar-refractivity contribution in [2.24, 2.45) is 11.8 Å². The second-order valence-electron chi connectivity index (χ2n) is 26.7. The Morgan fingerprint density at radius 2 is 0.560 bits per heavy atom. The summed E-state index contributed by atoms with van der Waals surface area (Å²) in [5.74, 6) is -0.558. The van der Waals surface area contributed by atoms with E-state index in [1.54, 1.807) is 0 Å². The predicted molar refractivity (Wildman–Crippen MR) is 368 cm³/mol. The highest BCUT2D eigenvalue weighted by molar-refractivity contribution is 7.47. The van der Waals surface area contributed by atoms with E-state index in [1.807, 2.05) is 0 Å². The molecule has 0 heterocycles. The van der Waals surface area contributed by atoms with Crippen molar-refractivity contribution < 1.29 is 80.2 Å². The van der Waals surface area contributed by atoms with Crippen molar-refractivity contribution in [2.45, 2.75) is 387 Å². The number of hydrogen-bond donors (Lipinski definition) is 3. The normalized spacial score (nSPS) is 14.4. The molecule has 0 aromatic rings. The van der Waals surface area contributed by atoms with Crippen molar-refractivity contribution in [3.63, 3.8) is 0 Å². The average molecular weight is 1340 g/mol. The first-order valence-corrected chi connectivity index (χ1v) is 40.5. The van der Waals surface area contributed by atoms with E-state index < -0.39 is 97.5 Å². The molecular weight excluding hydrogens is 1200 g/mol. The molecule has 0 aromatic heterocycles. The summed E-state index contributed by atoms with van der Waals surface area (Å²) >= 11 is 0. The van der Waals surface area contributed by atoms with E-state index in [0.29, 0.717) is 25.7 Å². The van der Waals surface area contributed by atoms with Gasteiger partial charge >= 0.3 is 39.5 Å². The number of hydrogen-bond acceptors (Lipinski definition) is 15. The zero-order valence-corrected chi connectivity index (χ0v) is 60.9. The Morgan fingerprint density at radius 3 is 0.835 bits per heavy atom. The van der Waals surface area contributed by atoms with E-state index in [4.69, 9.17) is 37.0 Å². The standard InChI is InChI=1S/C72H140O17P2/c1-7-10-12-14-16-18-19-22-26-30-37-43-49-55-70(75)83-61-67(88-71(76)56-50-44-38-31-27-24-21-20-23-25-29-35-41-47-53-65(6)9-3)62-86-90(78,79)84-58-66(73)59-85-91(80,81)87-63-68(60-82-69(74)54-48-42-36-28-17-15-13-11-8-2)89-72(77)57-51-45-39-33-32-34-40-46-52-64(4)5/h64-68,73H,7-63H2,1-6H3,(H,78,79)(H,80,81)/t65?,66-,67-,68-/m1/s1. The van der Waals surface area contributed by atoms with Crippen molar-refractivity contribution in [1.29, 1.82) is 0 Å². The van der Waals surface area contributed by atoms with E-state index in [0.717, 1.165) is 102 Å². The Balaban J connectivity index is 5.22. The molecule has 540 valence electrons. The fourth-order valence-electron chi connectivity index (χ4n) is 10.9. The van der Waals surface area contributed by atoms with Crippen LogP contribution in [0.25, 0.3) is 0 Å². The van der Waals surface area contributed by atoms with Crippen LogP contribution in [0, 0.1) is 11.8 Å².